The normalized spacial score (nSPS) is 10.8. The van der Waals surface area contributed by atoms with Crippen molar-refractivity contribution in [1.82, 2.24) is 15.1 Å². The van der Waals surface area contributed by atoms with Crippen LogP contribution < -0.4 is 0 Å². The van der Waals surface area contributed by atoms with E-state index in [1.165, 1.54) is 0 Å². The second-order valence-corrected chi connectivity index (χ2v) is 7.05. The molecule has 28 heavy (non-hydrogen) atoms. The molecule has 0 aliphatic heterocycles. The van der Waals surface area contributed by atoms with Gasteiger partial charge in [0, 0.05) is 29.9 Å². The third-order valence-corrected chi connectivity index (χ3v) is 4.88. The smallest absolute Gasteiger partial charge is 0.248 e. The Kier molecular flexibility index (Phi) is 7.23. The largest absolute Gasteiger partial charge is 0.367 e. The quantitative estimate of drug-likeness (QED) is 0.584. The van der Waals surface area contributed by atoms with Crippen molar-refractivity contribution >= 4 is 17.5 Å². The van der Waals surface area contributed by atoms with Gasteiger partial charge >= 0.3 is 0 Å². The molecular weight excluding hydrogens is 374 g/mol. The summed E-state index contributed by atoms with van der Waals surface area (Å²) in [5.41, 5.74) is 3.98. The van der Waals surface area contributed by atoms with Crippen LogP contribution >= 0.6 is 11.6 Å². The fourth-order valence-corrected chi connectivity index (χ4v) is 3.04. The number of likely N-dealkylation sites (N-methyl/N-ethyl adjacent to an activating group) is 1. The van der Waals surface area contributed by atoms with Crippen molar-refractivity contribution in [2.75, 3.05) is 20.2 Å². The van der Waals surface area contributed by atoms with Crippen molar-refractivity contribution < 1.29 is 9.53 Å². The van der Waals surface area contributed by atoms with Crippen molar-refractivity contribution in [3.8, 4) is 11.3 Å². The maximum absolute atomic E-state index is 12.2. The van der Waals surface area contributed by atoms with Gasteiger partial charge in [-0.05, 0) is 30.5 Å². The van der Waals surface area contributed by atoms with Crippen LogP contribution in [0.15, 0.2) is 60.7 Å². The molecule has 1 amide bonds. The van der Waals surface area contributed by atoms with Gasteiger partial charge in [0.15, 0.2) is 0 Å². The lowest BCUT2D eigenvalue weighted by Gasteiger charge is -2.17. The Hall–Kier alpha value is -2.63. The van der Waals surface area contributed by atoms with Crippen molar-refractivity contribution in [2.45, 2.75) is 19.4 Å². The molecule has 0 spiro atoms. The predicted octanol–water partition coefficient (Wildman–Crippen LogP) is 4.34. The van der Waals surface area contributed by atoms with E-state index in [-0.39, 0.29) is 12.5 Å². The Balaban J connectivity index is 1.38. The maximum Gasteiger partial charge on any atom is 0.248 e. The lowest BCUT2D eigenvalue weighted by Crippen LogP contribution is -2.31. The summed E-state index contributed by atoms with van der Waals surface area (Å²) in [4.78, 5) is 13.9. The number of ether oxygens (including phenoxy) is 1. The number of aromatic nitrogens is 2. The number of aromatic amines is 1. The second-order valence-electron chi connectivity index (χ2n) is 6.65. The van der Waals surface area contributed by atoms with Crippen LogP contribution in [0.2, 0.25) is 5.02 Å². The molecule has 0 atom stereocenters. The fourth-order valence-electron chi connectivity index (χ4n) is 2.85. The summed E-state index contributed by atoms with van der Waals surface area (Å²) in [5.74, 6) is -0.0401. The van der Waals surface area contributed by atoms with Crippen LogP contribution in [-0.4, -0.2) is 41.2 Å². The number of benzene rings is 2. The van der Waals surface area contributed by atoms with Crippen LogP contribution in [0.5, 0.6) is 0 Å². The molecule has 0 saturated heterocycles. The van der Waals surface area contributed by atoms with E-state index in [2.05, 4.69) is 16.3 Å². The molecule has 0 bridgehead atoms. The highest BCUT2D eigenvalue weighted by molar-refractivity contribution is 6.31. The van der Waals surface area contributed by atoms with E-state index in [1.54, 1.807) is 11.9 Å². The number of hydrogen-bond donors (Lipinski definition) is 1. The summed E-state index contributed by atoms with van der Waals surface area (Å²) in [6.45, 7) is 1.04. The number of carbonyl (C=O) groups excluding carboxylic acids is 1. The lowest BCUT2D eigenvalue weighted by molar-refractivity contribution is -0.135. The number of nitrogens with zero attached hydrogens (tertiary/aromatic N) is 2. The zero-order chi connectivity index (χ0) is 19.8. The third-order valence-electron chi connectivity index (χ3n) is 4.51. The van der Waals surface area contributed by atoms with Crippen LogP contribution in [0.25, 0.3) is 11.3 Å². The number of rotatable bonds is 9. The summed E-state index contributed by atoms with van der Waals surface area (Å²) in [7, 11) is 1.80. The molecule has 0 unspecified atom stereocenters. The lowest BCUT2D eigenvalue weighted by atomic mass is 10.1. The Morgan fingerprint density at radius 1 is 1.14 bits per heavy atom. The fraction of sp³-hybridized carbons (Fsp3) is 0.273. The average molecular weight is 398 g/mol. The minimum absolute atomic E-state index is 0.0401. The number of H-pyrrole nitrogens is 1. The predicted molar refractivity (Wildman–Crippen MR) is 111 cm³/mol. The molecule has 1 aromatic heterocycles. The van der Waals surface area contributed by atoms with Gasteiger partial charge in [0.25, 0.3) is 0 Å². The van der Waals surface area contributed by atoms with Gasteiger partial charge in [-0.1, -0.05) is 60.1 Å². The molecule has 0 saturated carbocycles. The summed E-state index contributed by atoms with van der Waals surface area (Å²) in [5, 5.41) is 8.08. The highest BCUT2D eigenvalue weighted by Gasteiger charge is 2.10. The zero-order valence-electron chi connectivity index (χ0n) is 15.9. The Bertz CT molecular complexity index is 896. The van der Waals surface area contributed by atoms with Crippen molar-refractivity contribution in [1.29, 1.82) is 0 Å². The van der Waals surface area contributed by atoms with Crippen molar-refractivity contribution in [3.05, 3.63) is 76.9 Å². The molecular formula is C22H24ClN3O2. The average Bonchev–Trinajstić information content (AvgIpc) is 3.19. The highest BCUT2D eigenvalue weighted by atomic mass is 35.5. The molecule has 0 fully saturated rings. The first-order chi connectivity index (χ1) is 13.6. The van der Waals surface area contributed by atoms with E-state index in [9.17, 15) is 4.79 Å². The van der Waals surface area contributed by atoms with Crippen LogP contribution in [-0.2, 0) is 22.6 Å². The molecule has 1 N–H and O–H groups in total. The SMILES string of the molecule is CN(CCCc1cc(-c2ccccc2)n[nH]1)C(=O)COCc1ccccc1Cl. The monoisotopic (exact) mass is 397 g/mol. The molecule has 2 aromatic carbocycles. The minimum atomic E-state index is -0.0401. The molecule has 1 heterocycles. The zero-order valence-corrected chi connectivity index (χ0v) is 16.7. The Morgan fingerprint density at radius 3 is 2.68 bits per heavy atom. The molecule has 5 nitrogen and oxygen atoms in total. The maximum atomic E-state index is 12.2. The molecule has 0 aliphatic rings. The Labute approximate surface area is 170 Å². The number of nitrogens with one attached hydrogen (secondary N) is 1. The summed E-state index contributed by atoms with van der Waals surface area (Å²) in [6, 6.07) is 19.6. The number of halogens is 1. The molecule has 3 rings (SSSR count). The summed E-state index contributed by atoms with van der Waals surface area (Å²) >= 11 is 6.09. The number of carbonyl (C=O) groups is 1. The van der Waals surface area contributed by atoms with E-state index in [4.69, 9.17) is 16.3 Å². The van der Waals surface area contributed by atoms with Crippen LogP contribution in [0.1, 0.15) is 17.7 Å². The van der Waals surface area contributed by atoms with Gasteiger partial charge in [0.2, 0.25) is 5.91 Å². The first-order valence-corrected chi connectivity index (χ1v) is 9.66. The molecule has 3 aromatic rings. The van der Waals surface area contributed by atoms with Crippen molar-refractivity contribution in [3.63, 3.8) is 0 Å². The van der Waals surface area contributed by atoms with Gasteiger partial charge in [-0.25, -0.2) is 0 Å². The molecule has 0 radical (unpaired) electrons. The highest BCUT2D eigenvalue weighted by Crippen LogP contribution is 2.18. The molecule has 146 valence electrons. The Morgan fingerprint density at radius 2 is 1.89 bits per heavy atom. The number of amides is 1. The van der Waals surface area contributed by atoms with Crippen molar-refractivity contribution in [2.24, 2.45) is 0 Å². The number of hydrogen-bond acceptors (Lipinski definition) is 3. The topological polar surface area (TPSA) is 58.2 Å². The van der Waals surface area contributed by atoms with E-state index >= 15 is 0 Å². The first-order valence-electron chi connectivity index (χ1n) is 9.28. The van der Waals surface area contributed by atoms with Gasteiger partial charge in [-0.2, -0.15) is 5.10 Å². The van der Waals surface area contributed by atoms with E-state index in [1.807, 2.05) is 54.6 Å². The van der Waals surface area contributed by atoms with Gasteiger partial charge in [0.05, 0.1) is 12.3 Å². The second kappa shape index (κ2) is 10.1. The van der Waals surface area contributed by atoms with Gasteiger partial charge < -0.3 is 9.64 Å². The minimum Gasteiger partial charge on any atom is -0.367 e. The van der Waals surface area contributed by atoms with Gasteiger partial charge in [0.1, 0.15) is 6.61 Å². The standard InChI is InChI=1S/C22H24ClN3O2/c1-26(22(27)16-28-15-18-10-5-6-12-20(18)23)13-7-11-19-14-21(25-24-19)17-8-3-2-4-9-17/h2-6,8-10,12,14H,7,11,13,15-16H2,1H3,(H,24,25). The summed E-state index contributed by atoms with van der Waals surface area (Å²) < 4.78 is 5.51. The van der Waals surface area contributed by atoms with Crippen LogP contribution in [0.4, 0.5) is 0 Å². The van der Waals surface area contributed by atoms with E-state index in [0.717, 1.165) is 35.4 Å². The third kappa shape index (κ3) is 5.68. The van der Waals surface area contributed by atoms with E-state index < -0.39 is 0 Å². The first kappa shape index (κ1) is 20.1. The van der Waals surface area contributed by atoms with E-state index in [0.29, 0.717) is 18.2 Å². The summed E-state index contributed by atoms with van der Waals surface area (Å²) in [6.07, 6.45) is 1.68. The van der Waals surface area contributed by atoms with Gasteiger partial charge in [-0.3, -0.25) is 9.89 Å². The van der Waals surface area contributed by atoms with Crippen LogP contribution in [0, 0.1) is 0 Å². The molecule has 6 heteroatoms. The number of aryl methyl sites for hydroxylation is 1. The van der Waals surface area contributed by atoms with Gasteiger partial charge in [-0.15, -0.1) is 0 Å². The van der Waals surface area contributed by atoms with Crippen LogP contribution in [0.3, 0.4) is 0 Å². The molecule has 0 aliphatic carbocycles.